The van der Waals surface area contributed by atoms with Crippen molar-refractivity contribution in [1.82, 2.24) is 0 Å². The number of esters is 2. The van der Waals surface area contributed by atoms with Gasteiger partial charge in [-0.2, -0.15) is 0 Å². The maximum Gasteiger partial charge on any atom is 0.306 e. The number of carbonyl (C=O) groups excluding carboxylic acids is 6. The molecular weight excluding hydrogens is 512 g/mol. The van der Waals surface area contributed by atoms with Crippen molar-refractivity contribution in [2.45, 2.75) is 123 Å². The summed E-state index contributed by atoms with van der Waals surface area (Å²) in [5.41, 5.74) is 0. The summed E-state index contributed by atoms with van der Waals surface area (Å²) >= 11 is 0. The average Bonchev–Trinajstić information content (AvgIpc) is 2.85. The van der Waals surface area contributed by atoms with E-state index < -0.39 is 29.6 Å². The summed E-state index contributed by atoms with van der Waals surface area (Å²) in [6, 6.07) is 0. The molecule has 0 aliphatic heterocycles. The average molecular weight is 577 g/mol. The number of hydrogen-bond acceptors (Lipinski definition) is 8. The van der Waals surface area contributed by atoms with Gasteiger partial charge in [-0.15, -0.1) is 0 Å². The summed E-state index contributed by atoms with van der Waals surface area (Å²) in [6.45, 7) is 12.6. The lowest BCUT2D eigenvalue weighted by Crippen LogP contribution is -2.28. The normalized spacial score (nSPS) is 13.9. The number of rotatable bonds is 20. The van der Waals surface area contributed by atoms with Crippen LogP contribution in [0.1, 0.15) is 123 Å². The third-order valence-corrected chi connectivity index (χ3v) is 6.43. The monoisotopic (exact) mass is 576 g/mol. The molecule has 6 atom stereocenters. The molecule has 0 aliphatic rings. The van der Waals surface area contributed by atoms with Gasteiger partial charge in [-0.1, -0.05) is 83.1 Å². The van der Waals surface area contributed by atoms with Crippen molar-refractivity contribution in [1.29, 1.82) is 0 Å². The van der Waals surface area contributed by atoms with Crippen LogP contribution in [0.15, 0.2) is 0 Å². The Hall–Kier alpha value is -2.38. The first-order valence-electron chi connectivity index (χ1n) is 13.3. The van der Waals surface area contributed by atoms with Gasteiger partial charge < -0.3 is 28.7 Å². The molecule has 0 rings (SSSR count). The second kappa shape index (κ2) is 32.8. The van der Waals surface area contributed by atoms with Crippen LogP contribution in [0.2, 0.25) is 0 Å². The van der Waals surface area contributed by atoms with E-state index in [2.05, 4.69) is 20.8 Å². The van der Waals surface area contributed by atoms with Crippen LogP contribution in [0, 0.1) is 35.5 Å². The van der Waals surface area contributed by atoms with E-state index in [1.54, 1.807) is 13.8 Å². The van der Waals surface area contributed by atoms with Crippen molar-refractivity contribution in [3.8, 4) is 0 Å². The SMILES string of the molecule is C.C.C.C.CCOC(=O)CC(C)CCCC(C)CC.CCOC(=O)CC(C=O)C(C=O)CC(C=O)C(C=O)CC. The molecule has 0 aromatic rings. The highest BCUT2D eigenvalue weighted by Gasteiger charge is 2.29. The van der Waals surface area contributed by atoms with E-state index >= 15 is 0 Å². The van der Waals surface area contributed by atoms with Crippen LogP contribution in [0.3, 0.4) is 0 Å². The van der Waals surface area contributed by atoms with Crippen molar-refractivity contribution >= 4 is 37.1 Å². The topological polar surface area (TPSA) is 121 Å². The minimum Gasteiger partial charge on any atom is -0.466 e. The second-order valence-electron chi connectivity index (χ2n) is 9.41. The molecule has 6 unspecified atom stereocenters. The zero-order valence-electron chi connectivity index (χ0n) is 23.1. The standard InChI is InChI=1S/C15H22O6.C13H26O2.4CH4/c1-3-11(7-16)12(8-17)5-13(9-18)14(10-19)6-15(20)21-4-2;1-5-11(3)8-7-9-12(4)10-13(14)15-6-2;;;;/h7-14H,3-6H2,1-2H3;11-12H,5-10H2,1-4H3;4*1H4. The van der Waals surface area contributed by atoms with Crippen molar-refractivity contribution in [2.75, 3.05) is 13.2 Å². The molecule has 0 heterocycles. The van der Waals surface area contributed by atoms with Crippen molar-refractivity contribution in [2.24, 2.45) is 35.5 Å². The molecule has 0 bridgehead atoms. The molecule has 0 spiro atoms. The molecule has 8 nitrogen and oxygen atoms in total. The van der Waals surface area contributed by atoms with Crippen LogP contribution < -0.4 is 0 Å². The predicted octanol–water partition coefficient (Wildman–Crippen LogP) is 7.34. The lowest BCUT2D eigenvalue weighted by molar-refractivity contribution is -0.146. The molecule has 0 amide bonds. The molecule has 0 fully saturated rings. The van der Waals surface area contributed by atoms with Crippen molar-refractivity contribution in [3.63, 3.8) is 0 Å². The van der Waals surface area contributed by atoms with E-state index in [0.717, 1.165) is 12.3 Å². The molecule has 0 radical (unpaired) electrons. The molecule has 0 aromatic heterocycles. The molecular formula is C32H64O8. The Morgan fingerprint density at radius 2 is 0.975 bits per heavy atom. The Kier molecular flexibility index (Phi) is 41.4. The van der Waals surface area contributed by atoms with Crippen molar-refractivity contribution in [3.05, 3.63) is 0 Å². The Bertz CT molecular complexity index is 634. The molecule has 240 valence electrons. The van der Waals surface area contributed by atoms with Gasteiger partial charge in [0.2, 0.25) is 0 Å². The first-order valence-corrected chi connectivity index (χ1v) is 13.3. The van der Waals surface area contributed by atoms with E-state index in [9.17, 15) is 28.8 Å². The van der Waals surface area contributed by atoms with Crippen LogP contribution in [0.4, 0.5) is 0 Å². The maximum absolute atomic E-state index is 11.4. The van der Waals surface area contributed by atoms with E-state index in [4.69, 9.17) is 9.47 Å². The lowest BCUT2D eigenvalue weighted by atomic mass is 9.79. The van der Waals surface area contributed by atoms with Crippen molar-refractivity contribution < 1.29 is 38.2 Å². The molecule has 0 aromatic carbocycles. The van der Waals surface area contributed by atoms with Gasteiger partial charge in [-0.05, 0) is 38.5 Å². The fourth-order valence-corrected chi connectivity index (χ4v) is 3.81. The van der Waals surface area contributed by atoms with E-state index in [1.807, 2.05) is 6.92 Å². The highest BCUT2D eigenvalue weighted by atomic mass is 16.5. The second-order valence-corrected chi connectivity index (χ2v) is 9.41. The Labute approximate surface area is 246 Å². The van der Waals surface area contributed by atoms with E-state index in [1.165, 1.54) is 19.3 Å². The lowest BCUT2D eigenvalue weighted by Gasteiger charge is -2.22. The molecule has 0 saturated carbocycles. The molecule has 8 heteroatoms. The zero-order chi connectivity index (χ0) is 27.9. The van der Waals surface area contributed by atoms with Gasteiger partial charge in [-0.25, -0.2) is 0 Å². The Morgan fingerprint density at radius 3 is 1.35 bits per heavy atom. The van der Waals surface area contributed by atoms with E-state index in [0.29, 0.717) is 50.5 Å². The fraction of sp³-hybridized carbons (Fsp3) is 0.812. The largest absolute Gasteiger partial charge is 0.466 e. The fourth-order valence-electron chi connectivity index (χ4n) is 3.81. The highest BCUT2D eigenvalue weighted by Crippen LogP contribution is 2.25. The number of hydrogen-bond donors (Lipinski definition) is 0. The quantitative estimate of drug-likeness (QED) is 0.109. The summed E-state index contributed by atoms with van der Waals surface area (Å²) in [6.07, 6.45) is 8.24. The summed E-state index contributed by atoms with van der Waals surface area (Å²) in [4.78, 5) is 66.9. The number of carbonyl (C=O) groups is 6. The van der Waals surface area contributed by atoms with Crippen LogP contribution >= 0.6 is 0 Å². The first-order chi connectivity index (χ1) is 17.2. The molecule has 0 saturated heterocycles. The zero-order valence-corrected chi connectivity index (χ0v) is 23.1. The summed E-state index contributed by atoms with van der Waals surface area (Å²) in [5, 5.41) is 0. The van der Waals surface area contributed by atoms with Gasteiger partial charge in [0.15, 0.2) is 0 Å². The minimum atomic E-state index is -0.840. The van der Waals surface area contributed by atoms with Gasteiger partial charge in [0.25, 0.3) is 0 Å². The van der Waals surface area contributed by atoms with Gasteiger partial charge in [0.1, 0.15) is 25.1 Å². The van der Waals surface area contributed by atoms with E-state index in [-0.39, 0.29) is 55.1 Å². The van der Waals surface area contributed by atoms with Crippen LogP contribution in [0.5, 0.6) is 0 Å². The highest BCUT2D eigenvalue weighted by molar-refractivity contribution is 5.76. The van der Waals surface area contributed by atoms with Gasteiger partial charge >= 0.3 is 11.9 Å². The Morgan fingerprint density at radius 1 is 0.575 bits per heavy atom. The smallest absolute Gasteiger partial charge is 0.306 e. The minimum absolute atomic E-state index is 0. The summed E-state index contributed by atoms with van der Waals surface area (Å²) in [7, 11) is 0. The molecule has 0 aliphatic carbocycles. The van der Waals surface area contributed by atoms with Crippen LogP contribution in [-0.2, 0) is 38.2 Å². The van der Waals surface area contributed by atoms with Crippen LogP contribution in [0.25, 0.3) is 0 Å². The maximum atomic E-state index is 11.4. The van der Waals surface area contributed by atoms with Gasteiger partial charge in [-0.3, -0.25) is 9.59 Å². The number of ether oxygens (including phenoxy) is 2. The summed E-state index contributed by atoms with van der Waals surface area (Å²) in [5.74, 6) is -2.07. The predicted molar refractivity (Wildman–Crippen MR) is 165 cm³/mol. The van der Waals surface area contributed by atoms with Gasteiger partial charge in [0, 0.05) is 30.1 Å². The van der Waals surface area contributed by atoms with Crippen LogP contribution in [-0.4, -0.2) is 50.3 Å². The van der Waals surface area contributed by atoms with Gasteiger partial charge in [0.05, 0.1) is 19.6 Å². The molecule has 0 N–H and O–H groups in total. The third kappa shape index (κ3) is 24.6. The summed E-state index contributed by atoms with van der Waals surface area (Å²) < 4.78 is 9.67. The molecule has 40 heavy (non-hydrogen) atoms. The Balaban J connectivity index is -0.000000137. The third-order valence-electron chi connectivity index (χ3n) is 6.43. The number of aldehydes is 4. The first kappa shape index (κ1) is 50.5.